The molecule has 0 bridgehead atoms. The molecule has 1 aliphatic heterocycles. The summed E-state index contributed by atoms with van der Waals surface area (Å²) in [6.45, 7) is 2.37. The molecule has 0 saturated carbocycles. The lowest BCUT2D eigenvalue weighted by molar-refractivity contribution is 0.0642. The Bertz CT molecular complexity index is 389. The molecule has 0 aliphatic carbocycles. The third-order valence-corrected chi connectivity index (χ3v) is 3.70. The summed E-state index contributed by atoms with van der Waals surface area (Å²) in [5.41, 5.74) is 0.694. The first kappa shape index (κ1) is 12.6. The minimum Gasteiger partial charge on any atom is -0.381 e. The summed E-state index contributed by atoms with van der Waals surface area (Å²) in [5.74, 6) is 0.541. The number of hydrogen-bond donors (Lipinski definition) is 1. The summed E-state index contributed by atoms with van der Waals surface area (Å²) >= 11 is 3.38. The maximum atomic E-state index is 11.9. The van der Waals surface area contributed by atoms with Crippen LogP contribution >= 0.6 is 15.9 Å². The number of nitrogens with one attached hydrogen (secondary N) is 1. The van der Waals surface area contributed by atoms with E-state index in [1.165, 1.54) is 0 Å². The number of benzene rings is 1. The summed E-state index contributed by atoms with van der Waals surface area (Å²) in [6, 6.07) is 7.47. The van der Waals surface area contributed by atoms with Gasteiger partial charge in [0.2, 0.25) is 0 Å². The second-order valence-corrected chi connectivity index (χ2v) is 5.10. The van der Waals surface area contributed by atoms with E-state index in [9.17, 15) is 4.79 Å². The van der Waals surface area contributed by atoms with Crippen LogP contribution in [-0.4, -0.2) is 25.7 Å². The van der Waals surface area contributed by atoms with Crippen LogP contribution in [0.25, 0.3) is 0 Å². The third kappa shape index (κ3) is 3.54. The summed E-state index contributed by atoms with van der Waals surface area (Å²) < 4.78 is 6.13. The Morgan fingerprint density at radius 2 is 2.06 bits per heavy atom. The summed E-state index contributed by atoms with van der Waals surface area (Å²) in [5, 5.41) is 2.98. The average molecular weight is 298 g/mol. The molecule has 0 aromatic heterocycles. The standard InChI is InChI=1S/C13H16BrNO2/c14-12-4-2-1-3-11(12)13(16)15-9-10-5-7-17-8-6-10/h1-4,10H,5-9H2,(H,15,16). The molecule has 1 aliphatic rings. The summed E-state index contributed by atoms with van der Waals surface area (Å²) in [6.07, 6.45) is 2.08. The van der Waals surface area contributed by atoms with Gasteiger partial charge in [-0.1, -0.05) is 12.1 Å². The van der Waals surface area contributed by atoms with Gasteiger partial charge in [-0.3, -0.25) is 4.79 Å². The van der Waals surface area contributed by atoms with Gasteiger partial charge >= 0.3 is 0 Å². The highest BCUT2D eigenvalue weighted by atomic mass is 79.9. The second-order valence-electron chi connectivity index (χ2n) is 4.25. The van der Waals surface area contributed by atoms with Crippen molar-refractivity contribution in [1.29, 1.82) is 0 Å². The van der Waals surface area contributed by atoms with E-state index in [4.69, 9.17) is 4.74 Å². The van der Waals surface area contributed by atoms with Crippen molar-refractivity contribution in [2.24, 2.45) is 5.92 Å². The van der Waals surface area contributed by atoms with Gasteiger partial charge in [0.1, 0.15) is 0 Å². The van der Waals surface area contributed by atoms with Gasteiger partial charge in [-0.05, 0) is 46.8 Å². The predicted molar refractivity (Wildman–Crippen MR) is 70.0 cm³/mol. The molecule has 1 amide bonds. The largest absolute Gasteiger partial charge is 0.381 e. The zero-order valence-electron chi connectivity index (χ0n) is 9.62. The van der Waals surface area contributed by atoms with Crippen LogP contribution in [0.15, 0.2) is 28.7 Å². The highest BCUT2D eigenvalue weighted by Gasteiger charge is 2.15. The Kier molecular flexibility index (Phi) is 4.57. The minimum absolute atomic E-state index is 0.0102. The number of carbonyl (C=O) groups excluding carboxylic acids is 1. The number of halogens is 1. The van der Waals surface area contributed by atoms with E-state index >= 15 is 0 Å². The first-order valence-corrected chi connectivity index (χ1v) is 6.67. The van der Waals surface area contributed by atoms with Crippen LogP contribution in [0.3, 0.4) is 0 Å². The molecule has 1 aromatic rings. The van der Waals surface area contributed by atoms with E-state index in [2.05, 4.69) is 21.2 Å². The zero-order chi connectivity index (χ0) is 12.1. The Morgan fingerprint density at radius 3 is 2.76 bits per heavy atom. The smallest absolute Gasteiger partial charge is 0.252 e. The van der Waals surface area contributed by atoms with Crippen molar-refractivity contribution in [1.82, 2.24) is 5.32 Å². The third-order valence-electron chi connectivity index (χ3n) is 3.01. The van der Waals surface area contributed by atoms with Crippen LogP contribution in [0.5, 0.6) is 0 Å². The summed E-state index contributed by atoms with van der Waals surface area (Å²) in [7, 11) is 0. The molecule has 17 heavy (non-hydrogen) atoms. The van der Waals surface area contributed by atoms with Gasteiger partial charge in [-0.15, -0.1) is 0 Å². The van der Waals surface area contributed by atoms with Gasteiger partial charge in [0.15, 0.2) is 0 Å². The lowest BCUT2D eigenvalue weighted by Crippen LogP contribution is -2.32. The van der Waals surface area contributed by atoms with Crippen LogP contribution in [0.4, 0.5) is 0 Å². The molecule has 1 fully saturated rings. The Labute approximate surface area is 110 Å². The van der Waals surface area contributed by atoms with Gasteiger partial charge in [0, 0.05) is 24.2 Å². The van der Waals surface area contributed by atoms with Gasteiger partial charge in [-0.2, -0.15) is 0 Å². The van der Waals surface area contributed by atoms with Crippen LogP contribution in [0.2, 0.25) is 0 Å². The lowest BCUT2D eigenvalue weighted by Gasteiger charge is -2.22. The topological polar surface area (TPSA) is 38.3 Å². The van der Waals surface area contributed by atoms with E-state index in [0.29, 0.717) is 11.5 Å². The maximum Gasteiger partial charge on any atom is 0.252 e. The van der Waals surface area contributed by atoms with E-state index in [0.717, 1.165) is 37.1 Å². The first-order chi connectivity index (χ1) is 8.27. The number of amides is 1. The van der Waals surface area contributed by atoms with Crippen LogP contribution in [0.1, 0.15) is 23.2 Å². The van der Waals surface area contributed by atoms with Crippen molar-refractivity contribution in [3.05, 3.63) is 34.3 Å². The van der Waals surface area contributed by atoms with Crippen molar-refractivity contribution >= 4 is 21.8 Å². The van der Waals surface area contributed by atoms with Crippen molar-refractivity contribution in [2.45, 2.75) is 12.8 Å². The molecule has 0 atom stereocenters. The predicted octanol–water partition coefficient (Wildman–Crippen LogP) is 2.61. The molecule has 92 valence electrons. The average Bonchev–Trinajstić information content (AvgIpc) is 2.38. The number of rotatable bonds is 3. The Morgan fingerprint density at radius 1 is 1.35 bits per heavy atom. The first-order valence-electron chi connectivity index (χ1n) is 5.88. The number of ether oxygens (including phenoxy) is 1. The van der Waals surface area contributed by atoms with Crippen molar-refractivity contribution in [2.75, 3.05) is 19.8 Å². The summed E-state index contributed by atoms with van der Waals surface area (Å²) in [4.78, 5) is 11.9. The quantitative estimate of drug-likeness (QED) is 0.931. The molecule has 1 saturated heterocycles. The molecular formula is C13H16BrNO2. The van der Waals surface area contributed by atoms with Crippen LogP contribution in [-0.2, 0) is 4.74 Å². The van der Waals surface area contributed by atoms with E-state index in [-0.39, 0.29) is 5.91 Å². The normalized spacial score (nSPS) is 16.8. The fraction of sp³-hybridized carbons (Fsp3) is 0.462. The molecule has 1 heterocycles. The van der Waals surface area contributed by atoms with Crippen molar-refractivity contribution in [3.8, 4) is 0 Å². The monoisotopic (exact) mass is 297 g/mol. The molecule has 0 spiro atoms. The number of carbonyl (C=O) groups is 1. The lowest BCUT2D eigenvalue weighted by atomic mass is 10.0. The fourth-order valence-corrected chi connectivity index (χ4v) is 2.39. The highest BCUT2D eigenvalue weighted by molar-refractivity contribution is 9.10. The maximum absolute atomic E-state index is 11.9. The molecular weight excluding hydrogens is 282 g/mol. The molecule has 2 rings (SSSR count). The fourth-order valence-electron chi connectivity index (χ4n) is 1.93. The molecule has 3 nitrogen and oxygen atoms in total. The van der Waals surface area contributed by atoms with Gasteiger partial charge in [0.05, 0.1) is 5.56 Å². The van der Waals surface area contributed by atoms with E-state index < -0.39 is 0 Å². The molecule has 4 heteroatoms. The van der Waals surface area contributed by atoms with E-state index in [1.807, 2.05) is 24.3 Å². The molecule has 1 aromatic carbocycles. The number of hydrogen-bond acceptors (Lipinski definition) is 2. The van der Waals surface area contributed by atoms with Gasteiger partial charge in [-0.25, -0.2) is 0 Å². The Balaban J connectivity index is 1.87. The van der Waals surface area contributed by atoms with Crippen molar-refractivity contribution < 1.29 is 9.53 Å². The molecule has 0 radical (unpaired) electrons. The van der Waals surface area contributed by atoms with Crippen LogP contribution in [0, 0.1) is 5.92 Å². The highest BCUT2D eigenvalue weighted by Crippen LogP contribution is 2.17. The minimum atomic E-state index is -0.0102. The van der Waals surface area contributed by atoms with Gasteiger partial charge in [0.25, 0.3) is 5.91 Å². The zero-order valence-corrected chi connectivity index (χ0v) is 11.2. The molecule has 0 unspecified atom stereocenters. The van der Waals surface area contributed by atoms with Crippen LogP contribution < -0.4 is 5.32 Å². The SMILES string of the molecule is O=C(NCC1CCOCC1)c1ccccc1Br. The van der Waals surface area contributed by atoms with Crippen molar-refractivity contribution in [3.63, 3.8) is 0 Å². The Hall–Kier alpha value is -0.870. The second kappa shape index (κ2) is 6.17. The van der Waals surface area contributed by atoms with E-state index in [1.54, 1.807) is 0 Å². The molecule has 1 N–H and O–H groups in total. The van der Waals surface area contributed by atoms with Gasteiger partial charge < -0.3 is 10.1 Å².